The molecule has 7 heteroatoms. The van der Waals surface area contributed by atoms with Gasteiger partial charge in [0.1, 0.15) is 4.83 Å². The van der Waals surface area contributed by atoms with Gasteiger partial charge in [0, 0.05) is 30.2 Å². The fraction of sp³-hybridized carbons (Fsp3) is 0.188. The number of thiophene rings is 1. The highest BCUT2D eigenvalue weighted by Gasteiger charge is 2.20. The normalized spacial score (nSPS) is 13.2. The maximum Gasteiger partial charge on any atom is 0.265 e. The molecule has 1 aliphatic rings. The molecule has 0 saturated heterocycles. The number of fused-ring (bicyclic) bond motifs is 2. The number of aromatic nitrogens is 2. The minimum atomic E-state index is -0.177. The molecule has 3 aromatic rings. The zero-order valence-corrected chi connectivity index (χ0v) is 13.5. The highest BCUT2D eigenvalue weighted by atomic mass is 32.1. The number of aryl methyl sites for hydroxylation is 2. The zero-order valence-electron chi connectivity index (χ0n) is 12.6. The van der Waals surface area contributed by atoms with Crippen LogP contribution in [0, 0.1) is 6.92 Å². The number of anilines is 1. The fourth-order valence-electron chi connectivity index (χ4n) is 2.80. The average molecular weight is 326 g/mol. The van der Waals surface area contributed by atoms with Crippen molar-refractivity contribution in [1.29, 1.82) is 0 Å². The van der Waals surface area contributed by atoms with Crippen LogP contribution >= 0.6 is 11.3 Å². The van der Waals surface area contributed by atoms with E-state index in [0.717, 1.165) is 21.5 Å². The summed E-state index contributed by atoms with van der Waals surface area (Å²) < 4.78 is 1.78. The monoisotopic (exact) mass is 326 g/mol. The first-order chi connectivity index (χ1) is 11.0. The van der Waals surface area contributed by atoms with Gasteiger partial charge in [-0.3, -0.25) is 14.3 Å². The molecule has 2 N–H and O–H groups in total. The number of rotatable bonds is 2. The largest absolute Gasteiger partial charge is 0.348 e. The summed E-state index contributed by atoms with van der Waals surface area (Å²) in [6.07, 6.45) is 0. The molecular weight excluding hydrogens is 312 g/mol. The Hall–Kier alpha value is -2.67. The molecule has 0 bridgehead atoms. The van der Waals surface area contributed by atoms with E-state index in [0.29, 0.717) is 22.7 Å². The van der Waals surface area contributed by atoms with Crippen LogP contribution in [0.1, 0.15) is 31.3 Å². The van der Waals surface area contributed by atoms with Gasteiger partial charge in [0.25, 0.3) is 11.8 Å². The van der Waals surface area contributed by atoms with Gasteiger partial charge in [-0.05, 0) is 30.7 Å². The third kappa shape index (κ3) is 2.20. The summed E-state index contributed by atoms with van der Waals surface area (Å²) in [6, 6.07) is 7.26. The summed E-state index contributed by atoms with van der Waals surface area (Å²) in [6.45, 7) is 2.47. The van der Waals surface area contributed by atoms with E-state index in [1.54, 1.807) is 10.7 Å². The Balaban J connectivity index is 1.63. The Bertz CT molecular complexity index is 936. The molecule has 0 spiro atoms. The second-order valence-corrected chi connectivity index (χ2v) is 6.58. The SMILES string of the molecule is Cc1nn(C)c2sc(C(=O)Nc3ccc4c(c3)C(=O)NC4)cc12. The molecule has 1 aromatic carbocycles. The molecule has 23 heavy (non-hydrogen) atoms. The van der Waals surface area contributed by atoms with Gasteiger partial charge in [-0.1, -0.05) is 6.07 Å². The maximum atomic E-state index is 12.5. The van der Waals surface area contributed by atoms with Crippen LogP contribution in [0.5, 0.6) is 0 Å². The van der Waals surface area contributed by atoms with Gasteiger partial charge in [-0.2, -0.15) is 5.10 Å². The van der Waals surface area contributed by atoms with Crippen LogP contribution < -0.4 is 10.6 Å². The van der Waals surface area contributed by atoms with Crippen molar-refractivity contribution in [2.75, 3.05) is 5.32 Å². The number of hydrogen-bond acceptors (Lipinski definition) is 4. The van der Waals surface area contributed by atoms with Crippen molar-refractivity contribution < 1.29 is 9.59 Å². The Morgan fingerprint density at radius 1 is 1.39 bits per heavy atom. The smallest absolute Gasteiger partial charge is 0.265 e. The molecule has 6 nitrogen and oxygen atoms in total. The van der Waals surface area contributed by atoms with Crippen LogP contribution in [-0.4, -0.2) is 21.6 Å². The first-order valence-corrected chi connectivity index (χ1v) is 8.00. The van der Waals surface area contributed by atoms with Crippen molar-refractivity contribution in [3.8, 4) is 0 Å². The van der Waals surface area contributed by atoms with Gasteiger partial charge in [0.2, 0.25) is 0 Å². The lowest BCUT2D eigenvalue weighted by Crippen LogP contribution is -2.13. The molecule has 0 atom stereocenters. The first kappa shape index (κ1) is 14.0. The van der Waals surface area contributed by atoms with Gasteiger partial charge in [0.15, 0.2) is 0 Å². The molecule has 116 valence electrons. The molecular formula is C16H14N4O2S. The van der Waals surface area contributed by atoms with E-state index in [4.69, 9.17) is 0 Å². The summed E-state index contributed by atoms with van der Waals surface area (Å²) in [5, 5.41) is 11.0. The van der Waals surface area contributed by atoms with Crippen LogP contribution in [0.4, 0.5) is 5.69 Å². The summed E-state index contributed by atoms with van der Waals surface area (Å²) in [4.78, 5) is 25.8. The second-order valence-electron chi connectivity index (χ2n) is 5.55. The van der Waals surface area contributed by atoms with Crippen molar-refractivity contribution in [3.63, 3.8) is 0 Å². The number of carbonyl (C=O) groups is 2. The lowest BCUT2D eigenvalue weighted by molar-refractivity contribution is 0.0964. The van der Waals surface area contributed by atoms with Crippen LogP contribution in [0.15, 0.2) is 24.3 Å². The van der Waals surface area contributed by atoms with Gasteiger partial charge < -0.3 is 10.6 Å². The quantitative estimate of drug-likeness (QED) is 0.759. The molecule has 1 aliphatic heterocycles. The zero-order chi connectivity index (χ0) is 16.1. The number of hydrogen-bond donors (Lipinski definition) is 2. The molecule has 3 heterocycles. The molecule has 0 radical (unpaired) electrons. The predicted molar refractivity (Wildman–Crippen MR) is 88.9 cm³/mol. The Kier molecular flexibility index (Phi) is 2.99. The summed E-state index contributed by atoms with van der Waals surface area (Å²) in [5.41, 5.74) is 3.11. The van der Waals surface area contributed by atoms with Crippen molar-refractivity contribution in [3.05, 3.63) is 46.0 Å². The van der Waals surface area contributed by atoms with Crippen molar-refractivity contribution in [1.82, 2.24) is 15.1 Å². The second kappa shape index (κ2) is 4.92. The number of benzene rings is 1. The number of amides is 2. The molecule has 0 fully saturated rings. The van der Waals surface area contributed by atoms with Crippen molar-refractivity contribution in [2.45, 2.75) is 13.5 Å². The fourth-order valence-corrected chi connectivity index (χ4v) is 3.82. The molecule has 0 unspecified atom stereocenters. The van der Waals surface area contributed by atoms with Crippen molar-refractivity contribution >= 4 is 39.1 Å². The van der Waals surface area contributed by atoms with Gasteiger partial charge in [-0.15, -0.1) is 11.3 Å². The van der Waals surface area contributed by atoms with E-state index >= 15 is 0 Å². The first-order valence-electron chi connectivity index (χ1n) is 7.18. The lowest BCUT2D eigenvalue weighted by Gasteiger charge is -2.05. The Morgan fingerprint density at radius 2 is 2.22 bits per heavy atom. The predicted octanol–water partition coefficient (Wildman–Crippen LogP) is 2.44. The van der Waals surface area contributed by atoms with Gasteiger partial charge in [-0.25, -0.2) is 0 Å². The summed E-state index contributed by atoms with van der Waals surface area (Å²) in [7, 11) is 1.87. The third-order valence-electron chi connectivity index (χ3n) is 3.97. The van der Waals surface area contributed by atoms with Crippen LogP contribution in [-0.2, 0) is 13.6 Å². The Morgan fingerprint density at radius 3 is 3.00 bits per heavy atom. The average Bonchev–Trinajstić information content (AvgIpc) is 3.18. The van der Waals surface area contributed by atoms with Crippen LogP contribution in [0.3, 0.4) is 0 Å². The van der Waals surface area contributed by atoms with E-state index in [9.17, 15) is 9.59 Å². The topological polar surface area (TPSA) is 76.0 Å². The van der Waals surface area contributed by atoms with Crippen LogP contribution in [0.25, 0.3) is 10.2 Å². The van der Waals surface area contributed by atoms with E-state index < -0.39 is 0 Å². The standard InChI is InChI=1S/C16H14N4O2S/c1-8-11-6-13(23-16(11)20(2)19-8)15(22)18-10-4-3-9-7-17-14(21)12(9)5-10/h3-6H,7H2,1-2H3,(H,17,21)(H,18,22). The lowest BCUT2D eigenvalue weighted by atomic mass is 10.1. The minimum absolute atomic E-state index is 0.0975. The number of nitrogens with one attached hydrogen (secondary N) is 2. The number of carbonyl (C=O) groups excluding carboxylic acids is 2. The van der Waals surface area contributed by atoms with E-state index in [2.05, 4.69) is 15.7 Å². The summed E-state index contributed by atoms with van der Waals surface area (Å²) >= 11 is 1.41. The van der Waals surface area contributed by atoms with Crippen molar-refractivity contribution in [2.24, 2.45) is 7.05 Å². The molecule has 0 saturated carbocycles. The van der Waals surface area contributed by atoms with E-state index in [-0.39, 0.29) is 11.8 Å². The minimum Gasteiger partial charge on any atom is -0.348 e. The highest BCUT2D eigenvalue weighted by molar-refractivity contribution is 7.20. The molecule has 2 amide bonds. The van der Waals surface area contributed by atoms with E-state index in [1.807, 2.05) is 32.2 Å². The van der Waals surface area contributed by atoms with Gasteiger partial charge >= 0.3 is 0 Å². The maximum absolute atomic E-state index is 12.5. The Labute approximate surface area is 136 Å². The van der Waals surface area contributed by atoms with E-state index in [1.165, 1.54) is 11.3 Å². The molecule has 0 aliphatic carbocycles. The van der Waals surface area contributed by atoms with Gasteiger partial charge in [0.05, 0.1) is 10.6 Å². The molecule has 2 aromatic heterocycles. The number of nitrogens with zero attached hydrogens (tertiary/aromatic N) is 2. The highest BCUT2D eigenvalue weighted by Crippen LogP contribution is 2.28. The third-order valence-corrected chi connectivity index (χ3v) is 5.17. The summed E-state index contributed by atoms with van der Waals surface area (Å²) in [5.74, 6) is -0.274. The molecule has 4 rings (SSSR count). The van der Waals surface area contributed by atoms with Crippen LogP contribution in [0.2, 0.25) is 0 Å².